The number of rotatable bonds is 9. The summed E-state index contributed by atoms with van der Waals surface area (Å²) in [6, 6.07) is 6.58. The van der Waals surface area contributed by atoms with Crippen molar-refractivity contribution in [2.75, 3.05) is 22.9 Å². The maximum absolute atomic E-state index is 13.5. The lowest BCUT2D eigenvalue weighted by Crippen LogP contribution is -2.55. The molecule has 1 aromatic carbocycles. The summed E-state index contributed by atoms with van der Waals surface area (Å²) >= 11 is 1.05. The molecule has 4 amide bonds. The molecule has 2 atom stereocenters. The molecule has 12 nitrogen and oxygen atoms in total. The number of para-hydroxylation sites is 2. The van der Waals surface area contributed by atoms with Gasteiger partial charge in [0.15, 0.2) is 0 Å². The zero-order valence-corrected chi connectivity index (χ0v) is 19.8. The van der Waals surface area contributed by atoms with Crippen molar-refractivity contribution < 1.29 is 38.7 Å². The van der Waals surface area contributed by atoms with Crippen LogP contribution in [0.2, 0.25) is 0 Å². The van der Waals surface area contributed by atoms with Crippen molar-refractivity contribution in [2.45, 2.75) is 25.4 Å². The Morgan fingerprint density at radius 1 is 1.14 bits per heavy atom. The molecule has 188 valence electrons. The number of fused-ring (bicyclic) bond motifs is 1. The van der Waals surface area contributed by atoms with E-state index >= 15 is 0 Å². The van der Waals surface area contributed by atoms with Gasteiger partial charge >= 0.3 is 5.97 Å². The summed E-state index contributed by atoms with van der Waals surface area (Å²) in [6.45, 7) is 0.319. The van der Waals surface area contributed by atoms with E-state index in [-0.39, 0.29) is 29.1 Å². The minimum atomic E-state index is -1.38. The number of carbonyl (C=O) groups excluding carboxylic acids is 6. The average Bonchev–Trinajstić information content (AvgIpc) is 3.35. The van der Waals surface area contributed by atoms with Crippen LogP contribution in [0, 0.1) is 0 Å². The Morgan fingerprint density at radius 2 is 1.83 bits per heavy atom. The molecule has 1 aliphatic rings. The third-order valence-corrected chi connectivity index (χ3v) is 6.10. The molecular formula is C23H22N4O8S. The lowest BCUT2D eigenvalue weighted by atomic mass is 10.2. The van der Waals surface area contributed by atoms with E-state index in [0.717, 1.165) is 16.2 Å². The number of aliphatic carboxylic acids is 1. The first kappa shape index (κ1) is 26.2. The maximum atomic E-state index is 13.5. The highest BCUT2D eigenvalue weighted by atomic mass is 32.1. The highest BCUT2D eigenvalue weighted by Gasteiger charge is 2.38. The van der Waals surface area contributed by atoms with E-state index in [1.54, 1.807) is 29.6 Å². The number of nitrogens with one attached hydrogen (secondary N) is 2. The number of carboxylic acid groups (broad SMARTS) is 1. The Labute approximate surface area is 208 Å². The first-order valence-electron chi connectivity index (χ1n) is 10.7. The fourth-order valence-electron chi connectivity index (χ4n) is 3.62. The number of carboxylic acids is 1. The molecule has 0 spiro atoms. The Balaban J connectivity index is 1.92. The van der Waals surface area contributed by atoms with Gasteiger partial charge in [-0.05, 0) is 23.6 Å². The van der Waals surface area contributed by atoms with Gasteiger partial charge in [-0.25, -0.2) is 0 Å². The first-order chi connectivity index (χ1) is 17.1. The molecule has 0 aliphatic carbocycles. The Bertz CT molecular complexity index is 1210. The Kier molecular flexibility index (Phi) is 8.27. The van der Waals surface area contributed by atoms with E-state index in [1.165, 1.54) is 24.0 Å². The molecular weight excluding hydrogens is 492 g/mol. The van der Waals surface area contributed by atoms with Crippen molar-refractivity contribution in [3.63, 3.8) is 0 Å². The zero-order chi connectivity index (χ0) is 26.4. The molecule has 2 heterocycles. The van der Waals surface area contributed by atoms with Crippen LogP contribution in [0.4, 0.5) is 11.4 Å². The number of hydrogen-bond donors (Lipinski definition) is 3. The van der Waals surface area contributed by atoms with Crippen LogP contribution in [0.5, 0.6) is 0 Å². The van der Waals surface area contributed by atoms with Crippen LogP contribution in [-0.2, 0) is 28.8 Å². The van der Waals surface area contributed by atoms with E-state index in [1.807, 2.05) is 0 Å². The number of hydrogen-bond acceptors (Lipinski definition) is 8. The molecule has 3 N–H and O–H groups in total. The van der Waals surface area contributed by atoms with Gasteiger partial charge in [0.05, 0.1) is 35.3 Å². The molecule has 0 fully saturated rings. The van der Waals surface area contributed by atoms with Gasteiger partial charge in [-0.3, -0.25) is 33.7 Å². The monoisotopic (exact) mass is 514 g/mol. The van der Waals surface area contributed by atoms with E-state index < -0.39 is 60.4 Å². The summed E-state index contributed by atoms with van der Waals surface area (Å²) in [5, 5.41) is 15.1. The van der Waals surface area contributed by atoms with E-state index in [4.69, 9.17) is 5.11 Å². The van der Waals surface area contributed by atoms with Crippen molar-refractivity contribution in [2.24, 2.45) is 0 Å². The minimum absolute atomic E-state index is 0.162. The standard InChI is InChI=1S/C23H22N4O8S/c1-13(29)26-10-15(25-22(34)21(33)18-7-4-8-36-18)23(35)27(17-6-3-2-5-16(17)26)11-19(30)24-14(12-28)9-20(31)32/h2-8,12,14-15H,9-11H2,1H3,(H,24,30)(H,25,34)(H,31,32)/t14-,15-/m0/s1. The predicted octanol–water partition coefficient (Wildman–Crippen LogP) is -0.0263. The van der Waals surface area contributed by atoms with Crippen molar-refractivity contribution in [3.8, 4) is 0 Å². The van der Waals surface area contributed by atoms with Crippen LogP contribution < -0.4 is 20.4 Å². The summed E-state index contributed by atoms with van der Waals surface area (Å²) in [5.74, 6) is -5.30. The average molecular weight is 515 g/mol. The number of anilines is 2. The molecule has 0 saturated heterocycles. The van der Waals surface area contributed by atoms with Crippen LogP contribution in [0.1, 0.15) is 23.0 Å². The number of aldehydes is 1. The third-order valence-electron chi connectivity index (χ3n) is 5.24. The number of Topliss-reactive ketones (excluding diaryl/α,β-unsaturated/α-hetero) is 1. The predicted molar refractivity (Wildman–Crippen MR) is 128 cm³/mol. The summed E-state index contributed by atoms with van der Waals surface area (Å²) in [6.07, 6.45) is -0.387. The highest BCUT2D eigenvalue weighted by Crippen LogP contribution is 2.32. The quantitative estimate of drug-likeness (QED) is 0.238. The number of nitrogens with zero attached hydrogens (tertiary/aromatic N) is 2. The zero-order valence-electron chi connectivity index (χ0n) is 19.0. The second kappa shape index (κ2) is 11.4. The second-order valence-corrected chi connectivity index (χ2v) is 8.73. The SMILES string of the molecule is CC(=O)N1C[C@H](NC(=O)C(=O)c2cccs2)C(=O)N(CC(=O)N[C@H](C=O)CC(=O)O)c2ccccc21. The number of benzene rings is 1. The molecule has 1 aliphatic heterocycles. The van der Waals surface area contributed by atoms with Gasteiger partial charge in [0.25, 0.3) is 17.6 Å². The number of carbonyl (C=O) groups is 7. The van der Waals surface area contributed by atoms with Crippen molar-refractivity contribution in [1.82, 2.24) is 10.6 Å². The van der Waals surface area contributed by atoms with Crippen LogP contribution >= 0.6 is 11.3 Å². The summed E-state index contributed by atoms with van der Waals surface area (Å²) in [4.78, 5) is 88.2. The maximum Gasteiger partial charge on any atom is 0.305 e. The number of amides is 4. The number of ketones is 1. The normalized spacial score (nSPS) is 15.8. The number of thiophene rings is 1. The summed E-state index contributed by atoms with van der Waals surface area (Å²) < 4.78 is 0. The van der Waals surface area contributed by atoms with Crippen LogP contribution in [0.3, 0.4) is 0 Å². The summed E-state index contributed by atoms with van der Waals surface area (Å²) in [5.41, 5.74) is 0.458. The molecule has 13 heteroatoms. The lowest BCUT2D eigenvalue weighted by Gasteiger charge is -2.25. The fourth-order valence-corrected chi connectivity index (χ4v) is 4.28. The van der Waals surface area contributed by atoms with Crippen LogP contribution in [-0.4, -0.2) is 71.9 Å². The lowest BCUT2D eigenvalue weighted by molar-refractivity contribution is -0.139. The van der Waals surface area contributed by atoms with Crippen molar-refractivity contribution in [1.29, 1.82) is 0 Å². The van der Waals surface area contributed by atoms with Gasteiger partial charge in [0.2, 0.25) is 11.8 Å². The third kappa shape index (κ3) is 5.99. The van der Waals surface area contributed by atoms with Gasteiger partial charge in [-0.2, -0.15) is 0 Å². The van der Waals surface area contributed by atoms with Crippen molar-refractivity contribution in [3.05, 3.63) is 46.7 Å². The Morgan fingerprint density at radius 3 is 2.42 bits per heavy atom. The van der Waals surface area contributed by atoms with E-state index in [2.05, 4.69) is 10.6 Å². The first-order valence-corrected chi connectivity index (χ1v) is 11.5. The van der Waals surface area contributed by atoms with E-state index in [0.29, 0.717) is 0 Å². The summed E-state index contributed by atoms with van der Waals surface area (Å²) in [7, 11) is 0. The molecule has 3 rings (SSSR count). The molecule has 1 aromatic heterocycles. The van der Waals surface area contributed by atoms with Crippen LogP contribution in [0.15, 0.2) is 41.8 Å². The van der Waals surface area contributed by atoms with Gasteiger partial charge in [0, 0.05) is 6.92 Å². The van der Waals surface area contributed by atoms with E-state index in [9.17, 15) is 33.6 Å². The minimum Gasteiger partial charge on any atom is -0.481 e. The van der Waals surface area contributed by atoms with Gasteiger partial charge in [-0.1, -0.05) is 18.2 Å². The smallest absolute Gasteiger partial charge is 0.305 e. The molecule has 0 unspecified atom stereocenters. The van der Waals surface area contributed by atoms with Gasteiger partial charge in [0.1, 0.15) is 18.9 Å². The molecule has 36 heavy (non-hydrogen) atoms. The molecule has 0 saturated carbocycles. The van der Waals surface area contributed by atoms with Crippen LogP contribution in [0.25, 0.3) is 0 Å². The largest absolute Gasteiger partial charge is 0.481 e. The molecule has 0 radical (unpaired) electrons. The second-order valence-electron chi connectivity index (χ2n) is 7.78. The molecule has 2 aromatic rings. The Hall–Kier alpha value is -4.39. The highest BCUT2D eigenvalue weighted by molar-refractivity contribution is 7.13. The van der Waals surface area contributed by atoms with Gasteiger partial charge in [-0.15, -0.1) is 11.3 Å². The molecule has 0 bridgehead atoms. The van der Waals surface area contributed by atoms with Crippen molar-refractivity contribution >= 4 is 64.4 Å². The fraction of sp³-hybridized carbons (Fsp3) is 0.261. The topological polar surface area (TPSA) is 170 Å². The van der Waals surface area contributed by atoms with Gasteiger partial charge < -0.3 is 25.4 Å².